The summed E-state index contributed by atoms with van der Waals surface area (Å²) in [5, 5.41) is 7.66. The molecular weight excluding hydrogens is 342 g/mol. The first kappa shape index (κ1) is 17.2. The van der Waals surface area contributed by atoms with E-state index in [1.54, 1.807) is 0 Å². The maximum absolute atomic E-state index is 11.6. The van der Waals surface area contributed by atoms with Gasteiger partial charge in [0.25, 0.3) is 5.91 Å². The van der Waals surface area contributed by atoms with Crippen LogP contribution in [-0.2, 0) is 0 Å². The third-order valence-electron chi connectivity index (χ3n) is 4.80. The number of nitrogens with two attached hydrogens (primary N) is 2. The third-order valence-corrected chi connectivity index (χ3v) is 4.80. The topological polar surface area (TPSA) is 132 Å². The first-order chi connectivity index (χ1) is 13.1. The van der Waals surface area contributed by atoms with E-state index in [0.29, 0.717) is 5.92 Å². The van der Waals surface area contributed by atoms with Gasteiger partial charge < -0.3 is 22.1 Å². The third kappa shape index (κ3) is 3.52. The molecule has 1 aliphatic heterocycles. The number of rotatable bonds is 4. The lowest BCUT2D eigenvalue weighted by Crippen LogP contribution is -2.28. The number of hydrogen-bond donors (Lipinski definition) is 4. The molecule has 138 valence electrons. The lowest BCUT2D eigenvalue weighted by Gasteiger charge is -2.24. The van der Waals surface area contributed by atoms with E-state index in [0.717, 1.165) is 42.5 Å². The standard InChI is InChI=1S/C19H21N7O/c20-16-10-24-17(18(21)27)19(26-16)25-12-3-4-15-14(8-12)13(5-7-23-15)11-2-1-6-22-9-11/h3-5,7-8,10-11,22H,1-2,6,9H2,(H2,21,27)(H3,20,25,26). The SMILES string of the molecule is NC(=O)c1ncc(N)nc1Nc1ccc2nccc(C3CCCNC3)c2c1. The van der Waals surface area contributed by atoms with Crippen LogP contribution in [0.15, 0.2) is 36.7 Å². The smallest absolute Gasteiger partial charge is 0.271 e. The van der Waals surface area contributed by atoms with Crippen molar-refractivity contribution in [3.8, 4) is 0 Å². The van der Waals surface area contributed by atoms with Crippen LogP contribution in [0.1, 0.15) is 34.8 Å². The number of primary amides is 1. The number of nitrogen functional groups attached to an aromatic ring is 1. The van der Waals surface area contributed by atoms with Gasteiger partial charge in [0, 0.05) is 23.8 Å². The summed E-state index contributed by atoms with van der Waals surface area (Å²) in [5.41, 5.74) is 14.1. The van der Waals surface area contributed by atoms with E-state index in [1.807, 2.05) is 24.4 Å². The van der Waals surface area contributed by atoms with E-state index in [-0.39, 0.29) is 17.3 Å². The highest BCUT2D eigenvalue weighted by Crippen LogP contribution is 2.31. The molecule has 0 spiro atoms. The van der Waals surface area contributed by atoms with Crippen LogP contribution in [0.25, 0.3) is 10.9 Å². The van der Waals surface area contributed by atoms with Crippen LogP contribution in [0.3, 0.4) is 0 Å². The van der Waals surface area contributed by atoms with Crippen molar-refractivity contribution in [2.75, 3.05) is 24.1 Å². The largest absolute Gasteiger partial charge is 0.382 e. The van der Waals surface area contributed by atoms with Crippen LogP contribution in [-0.4, -0.2) is 33.9 Å². The Morgan fingerprint density at radius 3 is 2.93 bits per heavy atom. The number of amides is 1. The number of anilines is 3. The summed E-state index contributed by atoms with van der Waals surface area (Å²) >= 11 is 0. The van der Waals surface area contributed by atoms with Crippen LogP contribution in [0, 0.1) is 0 Å². The molecule has 1 aromatic carbocycles. The van der Waals surface area contributed by atoms with Gasteiger partial charge >= 0.3 is 0 Å². The number of benzene rings is 1. The summed E-state index contributed by atoms with van der Waals surface area (Å²) in [7, 11) is 0. The molecule has 27 heavy (non-hydrogen) atoms. The zero-order valence-corrected chi connectivity index (χ0v) is 14.8. The number of carbonyl (C=O) groups is 1. The van der Waals surface area contributed by atoms with Gasteiger partial charge in [-0.25, -0.2) is 9.97 Å². The Balaban J connectivity index is 1.73. The van der Waals surface area contributed by atoms with Gasteiger partial charge in [0.05, 0.1) is 11.7 Å². The zero-order valence-electron chi connectivity index (χ0n) is 14.8. The first-order valence-electron chi connectivity index (χ1n) is 8.90. The molecule has 0 bridgehead atoms. The highest BCUT2D eigenvalue weighted by molar-refractivity contribution is 5.96. The molecule has 1 fully saturated rings. The van der Waals surface area contributed by atoms with E-state index < -0.39 is 5.91 Å². The number of pyridine rings is 1. The summed E-state index contributed by atoms with van der Waals surface area (Å²) in [6, 6.07) is 7.93. The Morgan fingerprint density at radius 1 is 1.26 bits per heavy atom. The van der Waals surface area contributed by atoms with Gasteiger partial charge in [0.1, 0.15) is 5.82 Å². The molecule has 2 aromatic heterocycles. The predicted molar refractivity (Wildman–Crippen MR) is 105 cm³/mol. The second-order valence-corrected chi connectivity index (χ2v) is 6.66. The fourth-order valence-electron chi connectivity index (χ4n) is 3.53. The van der Waals surface area contributed by atoms with Gasteiger partial charge in [-0.05, 0) is 55.1 Å². The Morgan fingerprint density at radius 2 is 2.15 bits per heavy atom. The molecule has 4 rings (SSSR count). The molecule has 8 nitrogen and oxygen atoms in total. The Hall–Kier alpha value is -3.26. The number of aromatic nitrogens is 3. The van der Waals surface area contributed by atoms with Crippen LogP contribution in [0.5, 0.6) is 0 Å². The van der Waals surface area contributed by atoms with E-state index in [4.69, 9.17) is 11.5 Å². The number of nitrogens with zero attached hydrogens (tertiary/aromatic N) is 3. The van der Waals surface area contributed by atoms with Crippen LogP contribution >= 0.6 is 0 Å². The van der Waals surface area contributed by atoms with Crippen LogP contribution in [0.4, 0.5) is 17.3 Å². The lowest BCUT2D eigenvalue weighted by molar-refractivity contribution is 0.0996. The molecule has 3 aromatic rings. The van der Waals surface area contributed by atoms with Crippen molar-refractivity contribution in [3.05, 3.63) is 47.9 Å². The van der Waals surface area contributed by atoms with Crippen molar-refractivity contribution in [2.45, 2.75) is 18.8 Å². The summed E-state index contributed by atoms with van der Waals surface area (Å²) in [6.45, 7) is 2.03. The summed E-state index contributed by atoms with van der Waals surface area (Å²) in [6.07, 6.45) is 5.47. The van der Waals surface area contributed by atoms with Crippen molar-refractivity contribution < 1.29 is 4.79 Å². The molecule has 0 radical (unpaired) electrons. The molecule has 1 unspecified atom stereocenters. The second kappa shape index (κ2) is 7.16. The normalized spacial score (nSPS) is 17.0. The van der Waals surface area contributed by atoms with E-state index in [9.17, 15) is 4.79 Å². The number of nitrogens with one attached hydrogen (secondary N) is 2. The van der Waals surface area contributed by atoms with Gasteiger partial charge in [-0.15, -0.1) is 0 Å². The van der Waals surface area contributed by atoms with Gasteiger partial charge in [-0.2, -0.15) is 0 Å². The molecule has 1 saturated heterocycles. The molecule has 0 saturated carbocycles. The summed E-state index contributed by atoms with van der Waals surface area (Å²) < 4.78 is 0. The molecule has 1 amide bonds. The molecule has 3 heterocycles. The van der Waals surface area contributed by atoms with Gasteiger partial charge in [-0.3, -0.25) is 9.78 Å². The van der Waals surface area contributed by atoms with Gasteiger partial charge in [0.2, 0.25) is 0 Å². The van der Waals surface area contributed by atoms with Crippen molar-refractivity contribution >= 4 is 34.1 Å². The fraction of sp³-hybridized carbons (Fsp3) is 0.263. The van der Waals surface area contributed by atoms with Gasteiger partial charge in [0.15, 0.2) is 11.5 Å². The van der Waals surface area contributed by atoms with Crippen LogP contribution < -0.4 is 22.1 Å². The highest BCUT2D eigenvalue weighted by Gasteiger charge is 2.18. The first-order valence-corrected chi connectivity index (χ1v) is 8.90. The average molecular weight is 363 g/mol. The molecule has 1 atom stereocenters. The second-order valence-electron chi connectivity index (χ2n) is 6.66. The monoisotopic (exact) mass is 363 g/mol. The quantitative estimate of drug-likeness (QED) is 0.557. The molecular formula is C19H21N7O. The number of piperidine rings is 1. The highest BCUT2D eigenvalue weighted by atomic mass is 16.1. The minimum absolute atomic E-state index is 0.0483. The van der Waals surface area contributed by atoms with Crippen molar-refractivity contribution in [1.29, 1.82) is 0 Å². The maximum Gasteiger partial charge on any atom is 0.271 e. The molecule has 6 N–H and O–H groups in total. The van der Waals surface area contributed by atoms with E-state index in [2.05, 4.69) is 31.7 Å². The molecule has 0 aliphatic carbocycles. The molecule has 8 heteroatoms. The van der Waals surface area contributed by atoms with Crippen molar-refractivity contribution in [1.82, 2.24) is 20.3 Å². The predicted octanol–water partition coefficient (Wildman–Crippen LogP) is 1.92. The van der Waals surface area contributed by atoms with E-state index in [1.165, 1.54) is 11.8 Å². The lowest BCUT2D eigenvalue weighted by atomic mass is 9.89. The van der Waals surface area contributed by atoms with Crippen molar-refractivity contribution in [2.24, 2.45) is 5.73 Å². The number of hydrogen-bond acceptors (Lipinski definition) is 7. The fourth-order valence-corrected chi connectivity index (χ4v) is 3.53. The van der Waals surface area contributed by atoms with Crippen LogP contribution in [0.2, 0.25) is 0 Å². The Bertz CT molecular complexity index is 999. The maximum atomic E-state index is 11.6. The van der Waals surface area contributed by atoms with Gasteiger partial charge in [-0.1, -0.05) is 0 Å². The summed E-state index contributed by atoms with van der Waals surface area (Å²) in [4.78, 5) is 24.2. The summed E-state index contributed by atoms with van der Waals surface area (Å²) in [5.74, 6) is 0.236. The zero-order chi connectivity index (χ0) is 18.8. The number of fused-ring (bicyclic) bond motifs is 1. The number of carbonyl (C=O) groups excluding carboxylic acids is 1. The van der Waals surface area contributed by atoms with E-state index >= 15 is 0 Å². The van der Waals surface area contributed by atoms with Crippen molar-refractivity contribution in [3.63, 3.8) is 0 Å². The molecule has 1 aliphatic rings. The minimum Gasteiger partial charge on any atom is -0.382 e. The average Bonchev–Trinajstić information content (AvgIpc) is 2.68. The Labute approximate surface area is 156 Å². The Kier molecular flexibility index (Phi) is 4.55. The minimum atomic E-state index is -0.665.